The predicted molar refractivity (Wildman–Crippen MR) is 428 cm³/mol. The van der Waals surface area contributed by atoms with Crippen molar-refractivity contribution in [3.05, 3.63) is 334 Å². The zero-order valence-electron chi connectivity index (χ0n) is 57.9. The Kier molecular flexibility index (Phi) is 25.1. The number of aryl methyl sites for hydroxylation is 2. The number of aromatic nitrogens is 11. The summed E-state index contributed by atoms with van der Waals surface area (Å²) in [5.74, 6) is -0.713. The number of thiazole rings is 1. The monoisotopic (exact) mass is 1580 g/mol. The quantitative estimate of drug-likeness (QED) is 0.0360. The summed E-state index contributed by atoms with van der Waals surface area (Å²) in [7, 11) is 3.91. The van der Waals surface area contributed by atoms with Gasteiger partial charge in [-0.15, -0.1) is 11.3 Å². The zero-order chi connectivity index (χ0) is 77.4. The van der Waals surface area contributed by atoms with Crippen LogP contribution < -0.4 is 79.4 Å². The van der Waals surface area contributed by atoms with Gasteiger partial charge in [-0.3, -0.25) is 63.4 Å². The van der Waals surface area contributed by atoms with Crippen LogP contribution in [0.1, 0.15) is 65.8 Å². The molecular weight excluding hydrogens is 1520 g/mol. The summed E-state index contributed by atoms with van der Waals surface area (Å²) < 4.78 is 6.93. The van der Waals surface area contributed by atoms with E-state index in [2.05, 4.69) is 56.5 Å². The Labute approximate surface area is 640 Å². The van der Waals surface area contributed by atoms with E-state index in [1.54, 1.807) is 144 Å². The second-order valence-electron chi connectivity index (χ2n) is 23.8. The molecule has 556 valence electrons. The summed E-state index contributed by atoms with van der Waals surface area (Å²) in [6.07, 6.45) is 0. The van der Waals surface area contributed by atoms with E-state index in [-0.39, 0.29) is 64.2 Å². The van der Waals surface area contributed by atoms with Gasteiger partial charge in [0.1, 0.15) is 0 Å². The van der Waals surface area contributed by atoms with Gasteiger partial charge in [0.2, 0.25) is 0 Å². The minimum atomic E-state index is -0.445. The van der Waals surface area contributed by atoms with Crippen molar-refractivity contribution in [2.45, 2.75) is 46.6 Å². The van der Waals surface area contributed by atoms with Crippen LogP contribution in [0.15, 0.2) is 237 Å². The first-order chi connectivity index (χ1) is 52.3. The lowest BCUT2D eigenvalue weighted by Crippen LogP contribution is -2.19. The fourth-order valence-electron chi connectivity index (χ4n) is 10.5. The molecule has 8 aromatic carbocycles. The highest BCUT2D eigenvalue weighted by Gasteiger charge is 2.16. The highest BCUT2D eigenvalue weighted by molar-refractivity contribution is 7.14. The van der Waals surface area contributed by atoms with Gasteiger partial charge in [0, 0.05) is 128 Å². The number of nitrogens with one attached hydrogen (secondary N) is 10. The first-order valence-corrected chi connectivity index (χ1v) is 37.1. The molecule has 6 heterocycles. The van der Waals surface area contributed by atoms with Crippen LogP contribution in [0.5, 0.6) is 0 Å². The number of carbonyl (C=O) groups excluding carboxylic acids is 4. The molecule has 0 saturated heterocycles. The van der Waals surface area contributed by atoms with E-state index in [4.69, 9.17) is 11.6 Å². The first-order valence-electron chi connectivity index (χ1n) is 32.7. The van der Waals surface area contributed by atoms with Crippen molar-refractivity contribution in [1.29, 1.82) is 0 Å². The molecule has 0 fully saturated rings. The number of anilines is 6. The molecule has 10 N–H and O–H groups in total. The van der Waals surface area contributed by atoms with Gasteiger partial charge in [0.25, 0.3) is 17.7 Å². The number of nitrogens with zero attached hydrogens (tertiary/aromatic N) is 7. The number of imidazole rings is 1. The molecule has 0 unspecified atom stereocenters. The van der Waals surface area contributed by atoms with Crippen molar-refractivity contribution in [1.82, 2.24) is 50.3 Å². The van der Waals surface area contributed by atoms with Gasteiger partial charge in [-0.2, -0.15) is 0 Å². The molecular formula is C73H64ClN17O13S5. The Balaban J connectivity index is 0.000000145. The number of halogens is 1. The molecule has 0 bridgehead atoms. The van der Waals surface area contributed by atoms with Gasteiger partial charge in [-0.1, -0.05) is 96.5 Å². The summed E-state index contributed by atoms with van der Waals surface area (Å²) >= 11 is 10.5. The van der Waals surface area contributed by atoms with Crippen molar-refractivity contribution >= 4 is 137 Å². The Morgan fingerprint density at radius 1 is 0.440 bits per heavy atom. The lowest BCUT2D eigenvalue weighted by atomic mass is 10.1. The molecule has 30 nitrogen and oxygen atoms in total. The number of H-pyrrole nitrogens is 5. The van der Waals surface area contributed by atoms with Crippen LogP contribution in [0, 0.1) is 6.92 Å². The molecule has 5 amide bonds. The minimum absolute atomic E-state index is 0.191. The number of amides is 5. The number of urea groups is 1. The van der Waals surface area contributed by atoms with Gasteiger partial charge >= 0.3 is 54.0 Å². The molecule has 0 aliphatic carbocycles. The number of benzene rings is 8. The predicted octanol–water partition coefficient (Wildman–Crippen LogP) is 9.80. The minimum Gasteiger partial charge on any atom is -0.377 e. The van der Waals surface area contributed by atoms with E-state index in [0.29, 0.717) is 56.0 Å². The fraction of sp³-hybridized carbons (Fsp3) is 0.123. The van der Waals surface area contributed by atoms with Crippen molar-refractivity contribution in [3.63, 3.8) is 0 Å². The number of rotatable bonds is 19. The summed E-state index contributed by atoms with van der Waals surface area (Å²) in [4.78, 5) is 169. The number of hydrogen-bond donors (Lipinski definition) is 10. The smallest absolute Gasteiger partial charge is 0.338 e. The Morgan fingerprint density at radius 2 is 0.826 bits per heavy atom. The van der Waals surface area contributed by atoms with E-state index >= 15 is 0 Å². The third kappa shape index (κ3) is 21.0. The fourth-order valence-corrected chi connectivity index (χ4v) is 14.1. The van der Waals surface area contributed by atoms with Crippen molar-refractivity contribution in [2.75, 3.05) is 45.6 Å². The summed E-state index contributed by atoms with van der Waals surface area (Å²) in [5.41, 5.74) is 10.7. The highest BCUT2D eigenvalue weighted by Crippen LogP contribution is 2.27. The third-order valence-electron chi connectivity index (χ3n) is 15.9. The second kappa shape index (κ2) is 35.4. The maximum absolute atomic E-state index is 12.5. The molecule has 0 atom stereocenters. The highest BCUT2D eigenvalue weighted by atomic mass is 35.5. The SMILES string of the molecule is CCn1c(=O)[nH]c2cc(NC(=O)Nc3ccc(Cn4sc(=O)[nH]c4=O)cc3)ccc21.Cc1ccc(NC(=O)c2ccc(Cn3sc(=O)[nH]c3=O)cc2)cc1N(C)C.O=C(Nc1ccc(Cl)cc1)c1ccc(Cn2sc(=O)[nH]c2=O)cc1.O=C(Nc1nc(-c2ccccc2)cs1)c1ccc(Cn2sc(=O)[nH]c2=O)cc1. The standard InChI is InChI=1S/C19H18N6O4S.C19H14N4O3S2.C19H20N4O3S.C16H12ClN3O3S/c1-2-24-15-8-7-13(9-14(15)22-17(24)27)21-16(26)20-12-5-3-11(4-6-12)10-25-18(28)23-19(29)30-25;24-16(21-17-20-15(11-27-17)13-4-2-1-3-5-13)14-8-6-12(7-9-14)10-23-18(25)22-19(26)28-23;1-12-4-9-15(10-16(12)22(2)3)20-17(24)14-7-5-13(6-8-14)11-23-18(25)21-19(26)27-23;17-12-5-7-13(8-6-12)18-14(21)11-3-1-10(2-4-11)9-20-15(22)19-16(23)24-20/h3-9H,2,10H2,1H3,(H,22,27)(H2,20,21,26)(H,23,28,29);1-9,11H,10H2,(H,20,21,24)(H,22,25,26);4-10H,11H2,1-3H3,(H,20,24)(H,21,25,26);1-8H,9H2,(H,18,21)(H,19,22,23). The third-order valence-corrected chi connectivity index (χ3v) is 20.0. The Morgan fingerprint density at radius 3 is 1.26 bits per heavy atom. The van der Waals surface area contributed by atoms with E-state index in [9.17, 15) is 62.3 Å². The average Bonchev–Trinajstić information content (AvgIpc) is 1.68. The van der Waals surface area contributed by atoms with Gasteiger partial charge in [-0.05, 0) is 145 Å². The van der Waals surface area contributed by atoms with Crippen LogP contribution in [0.3, 0.4) is 0 Å². The number of fused-ring (bicyclic) bond motifs is 1. The molecule has 0 saturated carbocycles. The van der Waals surface area contributed by atoms with E-state index < -0.39 is 33.7 Å². The van der Waals surface area contributed by atoms with Crippen LogP contribution in [0.2, 0.25) is 5.02 Å². The topological polar surface area (TPSA) is 402 Å². The summed E-state index contributed by atoms with van der Waals surface area (Å²) in [6, 6.07) is 54.7. The molecule has 0 spiro atoms. The lowest BCUT2D eigenvalue weighted by molar-refractivity contribution is 0.101. The van der Waals surface area contributed by atoms with Crippen LogP contribution >= 0.6 is 69.1 Å². The van der Waals surface area contributed by atoms with Crippen LogP contribution in [-0.4, -0.2) is 88.1 Å². The van der Waals surface area contributed by atoms with Crippen LogP contribution in [-0.2, 0) is 32.7 Å². The van der Waals surface area contributed by atoms with Crippen molar-refractivity contribution in [3.8, 4) is 11.3 Å². The lowest BCUT2D eigenvalue weighted by Gasteiger charge is -2.17. The van der Waals surface area contributed by atoms with Crippen LogP contribution in [0.4, 0.5) is 38.4 Å². The maximum Gasteiger partial charge on any atom is 0.338 e. The van der Waals surface area contributed by atoms with Gasteiger partial charge < -0.3 is 31.2 Å². The average molecular weight is 1580 g/mol. The molecule has 0 aliphatic rings. The molecule has 36 heteroatoms. The van der Waals surface area contributed by atoms with Crippen molar-refractivity contribution in [2.24, 2.45) is 0 Å². The van der Waals surface area contributed by atoms with Crippen molar-refractivity contribution < 1.29 is 19.2 Å². The normalized spacial score (nSPS) is 10.7. The van der Waals surface area contributed by atoms with E-state index in [1.807, 2.05) is 86.8 Å². The van der Waals surface area contributed by atoms with Crippen LogP contribution in [0.25, 0.3) is 22.3 Å². The number of hydrogen-bond acceptors (Lipinski definition) is 20. The van der Waals surface area contributed by atoms with Gasteiger partial charge in [-0.25, -0.2) is 49.6 Å². The molecule has 14 aromatic rings. The largest absolute Gasteiger partial charge is 0.377 e. The molecule has 0 radical (unpaired) electrons. The summed E-state index contributed by atoms with van der Waals surface area (Å²) in [6.45, 7) is 5.57. The Hall–Kier alpha value is -12.9. The molecule has 0 aliphatic heterocycles. The molecule has 6 aromatic heterocycles. The second-order valence-corrected chi connectivity index (χ2v) is 29.1. The zero-order valence-corrected chi connectivity index (χ0v) is 62.7. The Bertz CT molecular complexity index is 6150. The first kappa shape index (κ1) is 77.2. The van der Waals surface area contributed by atoms with E-state index in [0.717, 1.165) is 102 Å². The summed E-state index contributed by atoms with van der Waals surface area (Å²) in [5, 5.41) is 16.9. The van der Waals surface area contributed by atoms with E-state index in [1.165, 1.54) is 27.2 Å². The number of aromatic amines is 5. The maximum atomic E-state index is 12.5. The molecule has 109 heavy (non-hydrogen) atoms. The van der Waals surface area contributed by atoms with Gasteiger partial charge in [0.05, 0.1) is 42.9 Å². The van der Waals surface area contributed by atoms with Gasteiger partial charge in [0.15, 0.2) is 5.13 Å². The number of carbonyl (C=O) groups is 4. The molecule has 14 rings (SSSR count).